The molecule has 1 aromatic carbocycles. The van der Waals surface area contributed by atoms with Crippen LogP contribution in [0, 0.1) is 5.82 Å². The van der Waals surface area contributed by atoms with Gasteiger partial charge in [0.1, 0.15) is 12.4 Å². The molecule has 0 bridgehead atoms. The van der Waals surface area contributed by atoms with Crippen molar-refractivity contribution in [1.82, 2.24) is 24.8 Å². The lowest BCUT2D eigenvalue weighted by atomic mass is 10.0. The van der Waals surface area contributed by atoms with Gasteiger partial charge >= 0.3 is 5.69 Å². The predicted octanol–water partition coefficient (Wildman–Crippen LogP) is 1.17. The molecule has 1 atom stereocenters. The lowest BCUT2D eigenvalue weighted by molar-refractivity contribution is -0.122. The summed E-state index contributed by atoms with van der Waals surface area (Å²) in [5.74, 6) is -0.304. The Kier molecular flexibility index (Phi) is 6.39. The van der Waals surface area contributed by atoms with Crippen LogP contribution < -0.4 is 21.5 Å². The van der Waals surface area contributed by atoms with E-state index in [4.69, 9.17) is 0 Å². The molecule has 2 N–H and O–H groups in total. The Morgan fingerprint density at radius 1 is 1.19 bits per heavy atom. The first-order chi connectivity index (χ1) is 15.5. The van der Waals surface area contributed by atoms with Crippen LogP contribution in [-0.4, -0.2) is 38.5 Å². The second-order valence-corrected chi connectivity index (χ2v) is 7.66. The molecule has 0 saturated carbocycles. The maximum atomic E-state index is 13.5. The molecule has 1 aliphatic rings. The number of hydrogen-bond acceptors (Lipinski definition) is 6. The number of halogens is 1. The first-order valence-corrected chi connectivity index (χ1v) is 10.4. The third kappa shape index (κ3) is 5.26. The van der Waals surface area contributed by atoms with E-state index in [1.165, 1.54) is 35.2 Å². The summed E-state index contributed by atoms with van der Waals surface area (Å²) in [7, 11) is 0. The van der Waals surface area contributed by atoms with E-state index < -0.39 is 23.5 Å². The van der Waals surface area contributed by atoms with E-state index in [9.17, 15) is 18.8 Å². The minimum absolute atomic E-state index is 0.216. The fraction of sp³-hybridized carbons (Fsp3) is 0.318. The smallest absolute Gasteiger partial charge is 0.347 e. The highest BCUT2D eigenvalue weighted by atomic mass is 19.1. The van der Waals surface area contributed by atoms with E-state index in [-0.39, 0.29) is 18.5 Å². The number of H-pyrrole nitrogens is 1. The Morgan fingerprint density at radius 3 is 2.66 bits per heavy atom. The molecule has 1 unspecified atom stereocenters. The molecule has 10 heteroatoms. The predicted molar refractivity (Wildman–Crippen MR) is 116 cm³/mol. The van der Waals surface area contributed by atoms with Crippen molar-refractivity contribution in [2.45, 2.75) is 31.8 Å². The monoisotopic (exact) mass is 438 g/mol. The normalized spacial score (nSPS) is 14.3. The van der Waals surface area contributed by atoms with Crippen molar-refractivity contribution in [2.75, 3.05) is 18.0 Å². The van der Waals surface area contributed by atoms with Gasteiger partial charge in [-0.05, 0) is 36.6 Å². The Bertz CT molecular complexity index is 1200. The number of aromatic amines is 1. The van der Waals surface area contributed by atoms with E-state index in [0.29, 0.717) is 17.2 Å². The van der Waals surface area contributed by atoms with Crippen molar-refractivity contribution in [3.8, 4) is 0 Å². The van der Waals surface area contributed by atoms with Crippen LogP contribution in [-0.2, 0) is 17.8 Å². The highest BCUT2D eigenvalue weighted by molar-refractivity contribution is 5.76. The molecule has 4 rings (SSSR count). The van der Waals surface area contributed by atoms with Gasteiger partial charge in [-0.3, -0.25) is 19.1 Å². The summed E-state index contributed by atoms with van der Waals surface area (Å²) in [5.41, 5.74) is 0.349. The average molecular weight is 438 g/mol. The fourth-order valence-electron chi connectivity index (χ4n) is 3.74. The van der Waals surface area contributed by atoms with Crippen LogP contribution >= 0.6 is 0 Å². The molecule has 32 heavy (non-hydrogen) atoms. The van der Waals surface area contributed by atoms with E-state index >= 15 is 0 Å². The van der Waals surface area contributed by atoms with E-state index in [1.807, 2.05) is 4.90 Å². The van der Waals surface area contributed by atoms with Crippen LogP contribution in [0.1, 0.15) is 30.1 Å². The zero-order valence-electron chi connectivity index (χ0n) is 17.3. The molecule has 3 heterocycles. The van der Waals surface area contributed by atoms with Crippen molar-refractivity contribution in [2.24, 2.45) is 0 Å². The molecule has 0 radical (unpaired) electrons. The van der Waals surface area contributed by atoms with E-state index in [0.717, 1.165) is 25.9 Å². The van der Waals surface area contributed by atoms with E-state index in [1.54, 1.807) is 18.2 Å². The van der Waals surface area contributed by atoms with Crippen LogP contribution in [0.3, 0.4) is 0 Å². The molecule has 0 aliphatic carbocycles. The number of benzene rings is 1. The van der Waals surface area contributed by atoms with Gasteiger partial charge in [-0.1, -0.05) is 12.1 Å². The zero-order chi connectivity index (χ0) is 22.5. The minimum Gasteiger partial charge on any atom is -0.347 e. The third-order valence-electron chi connectivity index (χ3n) is 5.31. The summed E-state index contributed by atoms with van der Waals surface area (Å²) in [6.45, 7) is 1.43. The van der Waals surface area contributed by atoms with Crippen molar-refractivity contribution >= 4 is 11.9 Å². The molecular formula is C22H23FN6O3. The van der Waals surface area contributed by atoms with Gasteiger partial charge in [0.15, 0.2) is 0 Å². The summed E-state index contributed by atoms with van der Waals surface area (Å²) in [4.78, 5) is 49.7. The van der Waals surface area contributed by atoms with Gasteiger partial charge in [0, 0.05) is 38.0 Å². The number of rotatable bonds is 7. The Balaban J connectivity index is 1.58. The Labute approximate surface area is 183 Å². The van der Waals surface area contributed by atoms with Crippen LogP contribution in [0.25, 0.3) is 0 Å². The molecule has 1 fully saturated rings. The van der Waals surface area contributed by atoms with Gasteiger partial charge in [-0.15, -0.1) is 0 Å². The number of carbonyl (C=O) groups is 1. The molecule has 1 amide bonds. The Hall–Kier alpha value is -3.82. The highest BCUT2D eigenvalue weighted by Crippen LogP contribution is 2.20. The number of anilines is 1. The number of carbonyl (C=O) groups excluding carboxylic acids is 1. The summed E-state index contributed by atoms with van der Waals surface area (Å²) >= 11 is 0. The molecular weight excluding hydrogens is 415 g/mol. The Morgan fingerprint density at radius 2 is 1.94 bits per heavy atom. The van der Waals surface area contributed by atoms with Crippen LogP contribution in [0.5, 0.6) is 0 Å². The molecule has 166 valence electrons. The van der Waals surface area contributed by atoms with Gasteiger partial charge in [0.2, 0.25) is 11.9 Å². The van der Waals surface area contributed by atoms with E-state index in [2.05, 4.69) is 20.3 Å². The lowest BCUT2D eigenvalue weighted by Gasteiger charge is -2.21. The standard InChI is InChI=1S/C22H23FN6O3/c23-16-6-4-15(5-7-16)18(26-20(31)14-29-11-3-8-24-22(29)32)12-17-13-19(30)27-21(25-17)28-9-1-2-10-28/h3-8,11,13,18H,1-2,9-10,12,14H2,(H,26,31)(H,25,27,30). The number of amides is 1. The molecule has 9 nitrogen and oxygen atoms in total. The maximum Gasteiger partial charge on any atom is 0.347 e. The summed E-state index contributed by atoms with van der Waals surface area (Å²) in [5, 5.41) is 2.87. The summed E-state index contributed by atoms with van der Waals surface area (Å²) in [6, 6.07) is 8.15. The fourth-order valence-corrected chi connectivity index (χ4v) is 3.74. The molecule has 1 saturated heterocycles. The van der Waals surface area contributed by atoms with Gasteiger partial charge in [-0.2, -0.15) is 0 Å². The SMILES string of the molecule is O=C(Cn1cccnc1=O)NC(Cc1cc(=O)[nH]c(N2CCCC2)n1)c1ccc(F)cc1. The average Bonchev–Trinajstić information content (AvgIpc) is 3.30. The quantitative estimate of drug-likeness (QED) is 0.573. The second-order valence-electron chi connectivity index (χ2n) is 7.66. The maximum absolute atomic E-state index is 13.5. The summed E-state index contributed by atoms with van der Waals surface area (Å²) in [6.07, 6.45) is 5.13. The number of nitrogens with zero attached hydrogens (tertiary/aromatic N) is 4. The van der Waals surface area contributed by atoms with Gasteiger partial charge in [-0.25, -0.2) is 19.2 Å². The van der Waals surface area contributed by atoms with Crippen molar-refractivity contribution < 1.29 is 9.18 Å². The summed E-state index contributed by atoms with van der Waals surface area (Å²) < 4.78 is 14.6. The molecule has 2 aromatic heterocycles. The largest absolute Gasteiger partial charge is 0.347 e. The topological polar surface area (TPSA) is 113 Å². The van der Waals surface area contributed by atoms with Crippen LogP contribution in [0.2, 0.25) is 0 Å². The highest BCUT2D eigenvalue weighted by Gasteiger charge is 2.20. The van der Waals surface area contributed by atoms with Gasteiger partial charge < -0.3 is 10.2 Å². The number of nitrogens with one attached hydrogen (secondary N) is 2. The molecule has 1 aliphatic heterocycles. The first-order valence-electron chi connectivity index (χ1n) is 10.4. The second kappa shape index (κ2) is 9.54. The number of aromatic nitrogens is 4. The van der Waals surface area contributed by atoms with Gasteiger partial charge in [0.25, 0.3) is 5.56 Å². The first kappa shape index (κ1) is 21.4. The van der Waals surface area contributed by atoms with Gasteiger partial charge in [0.05, 0.1) is 11.7 Å². The third-order valence-corrected chi connectivity index (χ3v) is 5.31. The minimum atomic E-state index is -0.573. The van der Waals surface area contributed by atoms with Crippen LogP contribution in [0.4, 0.5) is 10.3 Å². The van der Waals surface area contributed by atoms with Crippen LogP contribution in [0.15, 0.2) is 58.4 Å². The number of hydrogen-bond donors (Lipinski definition) is 2. The molecule has 3 aromatic rings. The lowest BCUT2D eigenvalue weighted by Crippen LogP contribution is -2.36. The zero-order valence-corrected chi connectivity index (χ0v) is 17.3. The molecule has 0 spiro atoms. The van der Waals surface area contributed by atoms with Crippen molar-refractivity contribution in [3.63, 3.8) is 0 Å². The van der Waals surface area contributed by atoms with Crippen molar-refractivity contribution in [3.05, 3.63) is 86.7 Å². The van der Waals surface area contributed by atoms with Crippen molar-refractivity contribution in [1.29, 1.82) is 0 Å².